The Balaban J connectivity index is 5.10. The van der Waals surface area contributed by atoms with E-state index < -0.39 is 9.71 Å². The zero-order chi connectivity index (χ0) is 9.78. The Morgan fingerprint density at radius 2 is 2.17 bits per heavy atom. The van der Waals surface area contributed by atoms with Gasteiger partial charge >= 0.3 is 0 Å². The smallest absolute Gasteiger partial charge is 0.189 e. The second-order valence-corrected chi connectivity index (χ2v) is 4.50. The van der Waals surface area contributed by atoms with Gasteiger partial charge in [0, 0.05) is 4.91 Å². The minimum absolute atomic E-state index is 0.555. The number of nitrogens with zero attached hydrogens (tertiary/aromatic N) is 1. The third kappa shape index (κ3) is 2.44. The predicted molar refractivity (Wildman–Crippen MR) is 52.6 cm³/mol. The van der Waals surface area contributed by atoms with Crippen LogP contribution in [-0.4, -0.2) is 10.1 Å². The van der Waals surface area contributed by atoms with Crippen molar-refractivity contribution < 1.29 is 4.21 Å². The third-order valence-electron chi connectivity index (χ3n) is 1.57. The van der Waals surface area contributed by atoms with Crippen LogP contribution in [-0.2, 0) is 9.71 Å². The fourth-order valence-electron chi connectivity index (χ4n) is 0.554. The molecule has 0 aromatic heterocycles. The molecule has 66 valence electrons. The van der Waals surface area contributed by atoms with Crippen LogP contribution in [0.15, 0.2) is 23.1 Å². The number of nitriles is 1. The molecule has 0 radical (unpaired) electrons. The lowest BCUT2D eigenvalue weighted by molar-refractivity contribution is 0.682. The summed E-state index contributed by atoms with van der Waals surface area (Å²) in [4.78, 5) is 0.555. The van der Waals surface area contributed by atoms with Crippen molar-refractivity contribution in [3.63, 3.8) is 0 Å². The van der Waals surface area contributed by atoms with Gasteiger partial charge in [0.05, 0.1) is 9.71 Å². The molecule has 0 saturated carbocycles. The molecule has 0 amide bonds. The van der Waals surface area contributed by atoms with Crippen molar-refractivity contribution in [2.45, 2.75) is 13.8 Å². The monoisotopic (exact) mass is 184 g/mol. The molecule has 0 aliphatic carbocycles. The number of allylic oxidation sites excluding steroid dienone is 3. The first-order valence-electron chi connectivity index (χ1n) is 3.28. The summed E-state index contributed by atoms with van der Waals surface area (Å²) in [6, 6.07) is 0. The number of rotatable bonds is 3. The summed E-state index contributed by atoms with van der Waals surface area (Å²) in [6.07, 6.45) is 3.19. The molecule has 1 atom stereocenters. The SMILES string of the molecule is C=C/C(C)=C(/C)S(=C)(=O)NC#N. The Bertz CT molecular complexity index is 344. The van der Waals surface area contributed by atoms with E-state index in [1.807, 2.05) is 0 Å². The van der Waals surface area contributed by atoms with Crippen LogP contribution in [0.3, 0.4) is 0 Å². The standard InChI is InChI=1S/C8H12N2OS/c1-5-7(2)8(3)12(4,11)10-6-9/h5H,1,4H2,2-3H3,(H,10,11)/b8-7-. The van der Waals surface area contributed by atoms with Gasteiger partial charge in [0.15, 0.2) is 6.19 Å². The molecular weight excluding hydrogens is 172 g/mol. The molecule has 0 heterocycles. The van der Waals surface area contributed by atoms with E-state index >= 15 is 0 Å². The van der Waals surface area contributed by atoms with E-state index in [9.17, 15) is 4.21 Å². The van der Waals surface area contributed by atoms with Gasteiger partial charge in [-0.2, -0.15) is 5.26 Å². The minimum atomic E-state index is -2.62. The zero-order valence-electron chi connectivity index (χ0n) is 7.26. The zero-order valence-corrected chi connectivity index (χ0v) is 8.07. The number of hydrogen-bond donors (Lipinski definition) is 1. The third-order valence-corrected chi connectivity index (χ3v) is 3.30. The summed E-state index contributed by atoms with van der Waals surface area (Å²) in [5.41, 5.74) is 0.776. The highest BCUT2D eigenvalue weighted by atomic mass is 32.2. The van der Waals surface area contributed by atoms with Gasteiger partial charge in [-0.15, -0.1) is 0 Å². The van der Waals surface area contributed by atoms with E-state index in [1.54, 1.807) is 26.1 Å². The average Bonchev–Trinajstić information content (AvgIpc) is 2.01. The van der Waals surface area contributed by atoms with E-state index in [4.69, 9.17) is 5.26 Å². The molecule has 0 aromatic rings. The highest BCUT2D eigenvalue weighted by Crippen LogP contribution is 2.09. The molecule has 12 heavy (non-hydrogen) atoms. The summed E-state index contributed by atoms with van der Waals surface area (Å²) in [5.74, 6) is 3.42. The van der Waals surface area contributed by atoms with Crippen LogP contribution in [0.5, 0.6) is 0 Å². The van der Waals surface area contributed by atoms with Crippen LogP contribution >= 0.6 is 0 Å². The maximum Gasteiger partial charge on any atom is 0.189 e. The van der Waals surface area contributed by atoms with Crippen LogP contribution in [0, 0.1) is 11.5 Å². The first-order valence-corrected chi connectivity index (χ1v) is 5.01. The lowest BCUT2D eigenvalue weighted by atomic mass is 10.3. The Labute approximate surface area is 73.5 Å². The summed E-state index contributed by atoms with van der Waals surface area (Å²) in [6.45, 7) is 6.97. The van der Waals surface area contributed by atoms with Gasteiger partial charge in [-0.05, 0) is 25.3 Å². The first kappa shape index (κ1) is 10.8. The predicted octanol–water partition coefficient (Wildman–Crippen LogP) is 1.17. The normalized spacial score (nSPS) is 16.8. The van der Waals surface area contributed by atoms with Crippen molar-refractivity contribution in [3.8, 4) is 6.19 Å². The van der Waals surface area contributed by atoms with Crippen molar-refractivity contribution in [2.24, 2.45) is 0 Å². The van der Waals surface area contributed by atoms with Gasteiger partial charge in [-0.25, -0.2) is 8.93 Å². The van der Waals surface area contributed by atoms with E-state index in [-0.39, 0.29) is 0 Å². The molecular formula is C8H12N2OS. The maximum absolute atomic E-state index is 11.5. The summed E-state index contributed by atoms with van der Waals surface area (Å²) < 4.78 is 13.7. The van der Waals surface area contributed by atoms with E-state index in [2.05, 4.69) is 17.2 Å². The molecule has 0 spiro atoms. The quantitative estimate of drug-likeness (QED) is 0.310. The van der Waals surface area contributed by atoms with Gasteiger partial charge in [0.25, 0.3) is 0 Å². The Hall–Kier alpha value is -1.21. The molecule has 0 bridgehead atoms. The molecule has 4 heteroatoms. The Kier molecular flexibility index (Phi) is 3.58. The molecule has 1 unspecified atom stereocenters. The highest BCUT2D eigenvalue weighted by molar-refractivity contribution is 8.02. The highest BCUT2D eigenvalue weighted by Gasteiger charge is 2.06. The topological polar surface area (TPSA) is 52.9 Å². The number of hydrogen-bond acceptors (Lipinski definition) is 2. The van der Waals surface area contributed by atoms with Crippen LogP contribution in [0.1, 0.15) is 13.8 Å². The van der Waals surface area contributed by atoms with Crippen molar-refractivity contribution >= 4 is 15.6 Å². The van der Waals surface area contributed by atoms with Crippen molar-refractivity contribution in [1.82, 2.24) is 4.72 Å². The molecule has 1 N–H and O–H groups in total. The van der Waals surface area contributed by atoms with Crippen molar-refractivity contribution in [3.05, 3.63) is 23.1 Å². The van der Waals surface area contributed by atoms with Gasteiger partial charge in [-0.3, -0.25) is 0 Å². The summed E-state index contributed by atoms with van der Waals surface area (Å²) in [7, 11) is -2.62. The molecule has 0 saturated heterocycles. The molecule has 0 aromatic carbocycles. The van der Waals surface area contributed by atoms with E-state index in [0.29, 0.717) is 4.91 Å². The number of nitrogens with one attached hydrogen (secondary N) is 1. The first-order chi connectivity index (χ1) is 5.45. The van der Waals surface area contributed by atoms with Crippen molar-refractivity contribution in [2.75, 3.05) is 0 Å². The second-order valence-electron chi connectivity index (χ2n) is 2.33. The Morgan fingerprint density at radius 3 is 2.50 bits per heavy atom. The van der Waals surface area contributed by atoms with Gasteiger partial charge in [0.1, 0.15) is 0 Å². The van der Waals surface area contributed by atoms with E-state index in [0.717, 1.165) is 5.57 Å². The molecule has 0 fully saturated rings. The molecule has 3 nitrogen and oxygen atoms in total. The molecule has 0 rings (SSSR count). The maximum atomic E-state index is 11.5. The van der Waals surface area contributed by atoms with Gasteiger partial charge in [0.2, 0.25) is 0 Å². The second kappa shape index (κ2) is 3.98. The lowest BCUT2D eigenvalue weighted by Gasteiger charge is -2.08. The summed E-state index contributed by atoms with van der Waals surface area (Å²) in [5, 5.41) is 8.28. The van der Waals surface area contributed by atoms with Crippen LogP contribution in [0.4, 0.5) is 0 Å². The summed E-state index contributed by atoms with van der Waals surface area (Å²) >= 11 is 0. The average molecular weight is 184 g/mol. The van der Waals surface area contributed by atoms with Crippen LogP contribution in [0.25, 0.3) is 0 Å². The minimum Gasteiger partial charge on any atom is -0.246 e. The van der Waals surface area contributed by atoms with Gasteiger partial charge < -0.3 is 0 Å². The fraction of sp³-hybridized carbons (Fsp3) is 0.250. The van der Waals surface area contributed by atoms with Crippen LogP contribution < -0.4 is 4.72 Å². The fourth-order valence-corrected chi connectivity index (χ4v) is 1.46. The molecule has 0 aliphatic heterocycles. The lowest BCUT2D eigenvalue weighted by Crippen LogP contribution is -2.19. The van der Waals surface area contributed by atoms with Crippen molar-refractivity contribution in [1.29, 1.82) is 5.26 Å². The van der Waals surface area contributed by atoms with Crippen LogP contribution in [0.2, 0.25) is 0 Å². The van der Waals surface area contributed by atoms with E-state index in [1.165, 1.54) is 0 Å². The Morgan fingerprint density at radius 1 is 1.67 bits per heavy atom. The molecule has 0 aliphatic rings. The largest absolute Gasteiger partial charge is 0.246 e. The van der Waals surface area contributed by atoms with Gasteiger partial charge in [-0.1, -0.05) is 12.7 Å².